The van der Waals surface area contributed by atoms with E-state index in [-0.39, 0.29) is 0 Å². The van der Waals surface area contributed by atoms with Crippen LogP contribution in [-0.2, 0) is 4.74 Å². The molecule has 3 nitrogen and oxygen atoms in total. The van der Waals surface area contributed by atoms with Crippen LogP contribution in [-0.4, -0.2) is 50.8 Å². The third kappa shape index (κ3) is 4.57. The lowest BCUT2D eigenvalue weighted by atomic mass is 9.99. The second kappa shape index (κ2) is 7.34. The van der Waals surface area contributed by atoms with E-state index in [2.05, 4.69) is 17.3 Å². The van der Waals surface area contributed by atoms with E-state index in [4.69, 9.17) is 4.74 Å². The van der Waals surface area contributed by atoms with Crippen LogP contribution in [0.4, 0.5) is 0 Å². The summed E-state index contributed by atoms with van der Waals surface area (Å²) < 4.78 is 5.38. The summed E-state index contributed by atoms with van der Waals surface area (Å²) >= 11 is 0. The lowest BCUT2D eigenvalue weighted by Gasteiger charge is -2.32. The summed E-state index contributed by atoms with van der Waals surface area (Å²) in [6.45, 7) is 5.62. The number of likely N-dealkylation sites (tertiary alicyclic amines) is 1. The quantitative estimate of drug-likeness (QED) is 0.743. The Labute approximate surface area is 106 Å². The Balaban J connectivity index is 1.53. The first-order valence-corrected chi connectivity index (χ1v) is 7.35. The largest absolute Gasteiger partial charge is 0.381 e. The minimum atomic E-state index is 0.825. The van der Waals surface area contributed by atoms with Crippen molar-refractivity contribution in [3.63, 3.8) is 0 Å². The molecule has 2 heterocycles. The molecule has 3 heteroatoms. The maximum Gasteiger partial charge on any atom is 0.0469 e. The number of rotatable bonds is 5. The molecule has 0 bridgehead atoms. The van der Waals surface area contributed by atoms with Gasteiger partial charge in [-0.15, -0.1) is 0 Å². The minimum Gasteiger partial charge on any atom is -0.381 e. The zero-order valence-electron chi connectivity index (χ0n) is 11.3. The van der Waals surface area contributed by atoms with Gasteiger partial charge in [-0.25, -0.2) is 0 Å². The highest BCUT2D eigenvalue weighted by atomic mass is 16.5. The lowest BCUT2D eigenvalue weighted by Crippen LogP contribution is -2.39. The predicted octanol–water partition coefficient (Wildman–Crippen LogP) is 1.88. The molecule has 0 aromatic rings. The van der Waals surface area contributed by atoms with Crippen LogP contribution in [0.15, 0.2) is 0 Å². The van der Waals surface area contributed by atoms with Crippen molar-refractivity contribution in [2.45, 2.75) is 44.6 Å². The zero-order valence-corrected chi connectivity index (χ0v) is 11.3. The molecular formula is C14H28N2O. The van der Waals surface area contributed by atoms with Gasteiger partial charge in [-0.3, -0.25) is 0 Å². The van der Waals surface area contributed by atoms with Crippen molar-refractivity contribution >= 4 is 0 Å². The first-order valence-electron chi connectivity index (χ1n) is 7.35. The average Bonchev–Trinajstić information content (AvgIpc) is 2.38. The molecule has 1 unspecified atom stereocenters. The van der Waals surface area contributed by atoms with E-state index in [0.29, 0.717) is 0 Å². The number of hydrogen-bond acceptors (Lipinski definition) is 3. The molecule has 100 valence electrons. The monoisotopic (exact) mass is 240 g/mol. The second-order valence-corrected chi connectivity index (χ2v) is 5.68. The second-order valence-electron chi connectivity index (χ2n) is 5.68. The van der Waals surface area contributed by atoms with Gasteiger partial charge in [0.05, 0.1) is 0 Å². The van der Waals surface area contributed by atoms with Crippen LogP contribution >= 0.6 is 0 Å². The SMILES string of the molecule is CN1CCCCC1CCNCC1CCOCC1. The van der Waals surface area contributed by atoms with Gasteiger partial charge in [0, 0.05) is 19.3 Å². The molecule has 2 fully saturated rings. The Bertz CT molecular complexity index is 204. The molecule has 2 aliphatic rings. The van der Waals surface area contributed by atoms with Gasteiger partial charge < -0.3 is 15.0 Å². The van der Waals surface area contributed by atoms with Crippen LogP contribution < -0.4 is 5.32 Å². The average molecular weight is 240 g/mol. The van der Waals surface area contributed by atoms with E-state index < -0.39 is 0 Å². The molecule has 2 saturated heterocycles. The maximum absolute atomic E-state index is 5.38. The molecule has 17 heavy (non-hydrogen) atoms. The maximum atomic E-state index is 5.38. The molecule has 0 amide bonds. The molecule has 0 aromatic heterocycles. The number of nitrogens with zero attached hydrogens (tertiary/aromatic N) is 1. The molecular weight excluding hydrogens is 212 g/mol. The molecule has 0 aliphatic carbocycles. The fourth-order valence-electron chi connectivity index (χ4n) is 3.03. The van der Waals surface area contributed by atoms with Crippen LogP contribution in [0.5, 0.6) is 0 Å². The van der Waals surface area contributed by atoms with E-state index in [1.54, 1.807) is 0 Å². The van der Waals surface area contributed by atoms with Gasteiger partial charge in [-0.1, -0.05) is 6.42 Å². The van der Waals surface area contributed by atoms with Crippen molar-refractivity contribution in [1.29, 1.82) is 0 Å². The van der Waals surface area contributed by atoms with Crippen molar-refractivity contribution in [3.8, 4) is 0 Å². The lowest BCUT2D eigenvalue weighted by molar-refractivity contribution is 0.0660. The number of hydrogen-bond donors (Lipinski definition) is 1. The van der Waals surface area contributed by atoms with Crippen molar-refractivity contribution in [3.05, 3.63) is 0 Å². The highest BCUT2D eigenvalue weighted by molar-refractivity contribution is 4.75. The van der Waals surface area contributed by atoms with Crippen LogP contribution in [0.1, 0.15) is 38.5 Å². The summed E-state index contributed by atoms with van der Waals surface area (Å²) in [7, 11) is 2.28. The molecule has 1 N–H and O–H groups in total. The molecule has 1 atom stereocenters. The van der Waals surface area contributed by atoms with Gasteiger partial charge in [0.25, 0.3) is 0 Å². The molecule has 2 rings (SSSR count). The van der Waals surface area contributed by atoms with Gasteiger partial charge in [-0.05, 0) is 64.7 Å². The van der Waals surface area contributed by atoms with Crippen molar-refractivity contribution < 1.29 is 4.74 Å². The van der Waals surface area contributed by atoms with E-state index in [1.807, 2.05) is 0 Å². The predicted molar refractivity (Wildman–Crippen MR) is 71.3 cm³/mol. The van der Waals surface area contributed by atoms with Crippen molar-refractivity contribution in [1.82, 2.24) is 10.2 Å². The highest BCUT2D eigenvalue weighted by Crippen LogP contribution is 2.17. The van der Waals surface area contributed by atoms with Crippen molar-refractivity contribution in [2.24, 2.45) is 5.92 Å². The first-order chi connectivity index (χ1) is 8.36. The molecule has 0 spiro atoms. The first kappa shape index (κ1) is 13.3. The van der Waals surface area contributed by atoms with Gasteiger partial charge in [-0.2, -0.15) is 0 Å². The zero-order chi connectivity index (χ0) is 11.9. The van der Waals surface area contributed by atoms with E-state index in [1.165, 1.54) is 58.2 Å². The normalized spacial score (nSPS) is 28.4. The summed E-state index contributed by atoms with van der Waals surface area (Å²) in [4.78, 5) is 2.54. The summed E-state index contributed by atoms with van der Waals surface area (Å²) in [5, 5.41) is 3.64. The minimum absolute atomic E-state index is 0.825. The smallest absolute Gasteiger partial charge is 0.0469 e. The van der Waals surface area contributed by atoms with Crippen LogP contribution in [0.25, 0.3) is 0 Å². The third-order valence-corrected chi connectivity index (χ3v) is 4.35. The molecule has 0 saturated carbocycles. The van der Waals surface area contributed by atoms with E-state index in [9.17, 15) is 0 Å². The number of ether oxygens (including phenoxy) is 1. The third-order valence-electron chi connectivity index (χ3n) is 4.35. The standard InChI is InChI=1S/C14H28N2O/c1-16-9-3-2-4-14(16)5-8-15-12-13-6-10-17-11-7-13/h13-15H,2-12H2,1H3. The summed E-state index contributed by atoms with van der Waals surface area (Å²) in [6, 6.07) is 0.825. The van der Waals surface area contributed by atoms with E-state index in [0.717, 1.165) is 25.2 Å². The number of nitrogens with one attached hydrogen (secondary N) is 1. The van der Waals surface area contributed by atoms with Crippen molar-refractivity contribution in [2.75, 3.05) is 39.9 Å². The summed E-state index contributed by atoms with van der Waals surface area (Å²) in [5.41, 5.74) is 0. The summed E-state index contributed by atoms with van der Waals surface area (Å²) in [5.74, 6) is 0.854. The highest BCUT2D eigenvalue weighted by Gasteiger charge is 2.18. The van der Waals surface area contributed by atoms with Gasteiger partial charge in [0.1, 0.15) is 0 Å². The molecule has 0 radical (unpaired) electrons. The number of piperidine rings is 1. The fourth-order valence-corrected chi connectivity index (χ4v) is 3.03. The van der Waals surface area contributed by atoms with E-state index >= 15 is 0 Å². The molecule has 2 aliphatic heterocycles. The van der Waals surface area contributed by atoms with Crippen LogP contribution in [0.3, 0.4) is 0 Å². The van der Waals surface area contributed by atoms with Gasteiger partial charge >= 0.3 is 0 Å². The molecule has 0 aromatic carbocycles. The van der Waals surface area contributed by atoms with Gasteiger partial charge in [0.2, 0.25) is 0 Å². The van der Waals surface area contributed by atoms with Gasteiger partial charge in [0.15, 0.2) is 0 Å². The summed E-state index contributed by atoms with van der Waals surface area (Å²) in [6.07, 6.45) is 8.03. The Morgan fingerprint density at radius 1 is 1.18 bits per heavy atom. The Morgan fingerprint density at radius 2 is 2.00 bits per heavy atom. The Morgan fingerprint density at radius 3 is 2.76 bits per heavy atom. The fraction of sp³-hybridized carbons (Fsp3) is 1.00. The van der Waals surface area contributed by atoms with Crippen LogP contribution in [0.2, 0.25) is 0 Å². The topological polar surface area (TPSA) is 24.5 Å². The Hall–Kier alpha value is -0.120. The Kier molecular flexibility index (Phi) is 5.75. The van der Waals surface area contributed by atoms with Crippen LogP contribution in [0, 0.1) is 5.92 Å².